The van der Waals surface area contributed by atoms with Gasteiger partial charge in [0.2, 0.25) is 0 Å². The number of hydrogen-bond acceptors (Lipinski definition) is 7. The third-order valence-corrected chi connectivity index (χ3v) is 10.6. The summed E-state index contributed by atoms with van der Waals surface area (Å²) in [5, 5.41) is 3.11. The highest BCUT2D eigenvalue weighted by Gasteiger charge is 2.14. The molecule has 0 aliphatic heterocycles. The van der Waals surface area contributed by atoms with Gasteiger partial charge in [0, 0.05) is 19.3 Å². The van der Waals surface area contributed by atoms with Crippen LogP contribution in [0.25, 0.3) is 0 Å². The van der Waals surface area contributed by atoms with Crippen LogP contribution in [0.1, 0.15) is 221 Å². The van der Waals surface area contributed by atoms with Crippen LogP contribution >= 0.6 is 0 Å². The van der Waals surface area contributed by atoms with E-state index in [1.54, 1.807) is 0 Å². The van der Waals surface area contributed by atoms with E-state index in [1.165, 1.54) is 64.2 Å². The van der Waals surface area contributed by atoms with Crippen LogP contribution in [-0.2, 0) is 28.6 Å². The highest BCUT2D eigenvalue weighted by Crippen LogP contribution is 2.20. The van der Waals surface area contributed by atoms with Gasteiger partial charge in [0.15, 0.2) is 0 Å². The van der Waals surface area contributed by atoms with Crippen LogP contribution in [0.5, 0.6) is 0 Å². The number of rotatable bonds is 39. The predicted octanol–water partition coefficient (Wildman–Crippen LogP) is 12.7. The van der Waals surface area contributed by atoms with Gasteiger partial charge >= 0.3 is 17.9 Å². The molecule has 7 heteroatoms. The van der Waals surface area contributed by atoms with Gasteiger partial charge in [-0.3, -0.25) is 14.4 Å². The summed E-state index contributed by atoms with van der Waals surface area (Å²) in [6, 6.07) is 0. The molecule has 0 aliphatic rings. The van der Waals surface area contributed by atoms with Gasteiger partial charge in [-0.05, 0) is 95.1 Å². The summed E-state index contributed by atoms with van der Waals surface area (Å²) in [7, 11) is 1.91. The molecule has 0 spiro atoms. The Morgan fingerprint density at radius 2 is 0.792 bits per heavy atom. The molecule has 1 N–H and O–H groups in total. The normalized spacial score (nSPS) is 13.3. The van der Waals surface area contributed by atoms with Crippen LogP contribution in [0.4, 0.5) is 0 Å². The van der Waals surface area contributed by atoms with Crippen molar-refractivity contribution in [1.82, 2.24) is 5.32 Å². The number of nitrogens with one attached hydrogen (secondary N) is 1. The summed E-state index contributed by atoms with van der Waals surface area (Å²) in [6.07, 6.45) is 29.4. The quantitative estimate of drug-likeness (QED) is 0.0380. The predicted molar refractivity (Wildman–Crippen MR) is 223 cm³/mol. The van der Waals surface area contributed by atoms with E-state index in [0.717, 1.165) is 115 Å². The first-order valence-electron chi connectivity index (χ1n) is 22.7. The van der Waals surface area contributed by atoms with E-state index in [9.17, 15) is 14.4 Å². The summed E-state index contributed by atoms with van der Waals surface area (Å²) >= 11 is 0. The molecule has 2 atom stereocenters. The molecule has 0 saturated carbocycles. The number of unbranched alkanes of at least 4 members (excludes halogenated alkanes) is 12. The second-order valence-electron chi connectivity index (χ2n) is 17.2. The average Bonchev–Trinajstić information content (AvgIpc) is 3.09. The Kier molecular flexibility index (Phi) is 36.2. The zero-order valence-electron chi connectivity index (χ0n) is 36.3. The standard InChI is InChI=1S/C46H89NO6/c1-39(2)25-22-27-41(5)34-37-51-44(48)31-20-16-12-8-10-14-18-29-43(53-46(50)33-24-36-47-7)30-19-15-11-9-13-17-21-32-45(49)52-38-35-42(6)28-23-26-40(3)4/h39-43,47H,8-38H2,1-7H3. The maximum absolute atomic E-state index is 12.5. The van der Waals surface area contributed by atoms with E-state index < -0.39 is 0 Å². The molecule has 53 heavy (non-hydrogen) atoms. The maximum atomic E-state index is 12.5. The minimum absolute atomic E-state index is 0.0279. The molecule has 2 unspecified atom stereocenters. The van der Waals surface area contributed by atoms with Gasteiger partial charge < -0.3 is 19.5 Å². The van der Waals surface area contributed by atoms with Gasteiger partial charge in [-0.1, -0.05) is 144 Å². The molecule has 0 aromatic carbocycles. The van der Waals surface area contributed by atoms with Crippen LogP contribution in [0, 0.1) is 23.7 Å². The van der Waals surface area contributed by atoms with E-state index in [-0.39, 0.29) is 24.0 Å². The molecule has 0 heterocycles. The molecular formula is C46H89NO6. The van der Waals surface area contributed by atoms with Crippen LogP contribution in [0.15, 0.2) is 0 Å². The Labute approximate surface area is 329 Å². The lowest BCUT2D eigenvalue weighted by molar-refractivity contribution is -0.150. The topological polar surface area (TPSA) is 90.9 Å². The number of hydrogen-bond donors (Lipinski definition) is 1. The van der Waals surface area contributed by atoms with Crippen LogP contribution < -0.4 is 5.32 Å². The third-order valence-electron chi connectivity index (χ3n) is 10.6. The maximum Gasteiger partial charge on any atom is 0.306 e. The van der Waals surface area contributed by atoms with Crippen LogP contribution in [-0.4, -0.2) is 50.8 Å². The van der Waals surface area contributed by atoms with Gasteiger partial charge in [-0.2, -0.15) is 0 Å². The fourth-order valence-corrected chi connectivity index (χ4v) is 6.90. The molecule has 314 valence electrons. The second-order valence-corrected chi connectivity index (χ2v) is 17.2. The Morgan fingerprint density at radius 1 is 0.415 bits per heavy atom. The van der Waals surface area contributed by atoms with Gasteiger partial charge in [-0.25, -0.2) is 0 Å². The van der Waals surface area contributed by atoms with Crippen molar-refractivity contribution in [3.63, 3.8) is 0 Å². The van der Waals surface area contributed by atoms with Gasteiger partial charge in [-0.15, -0.1) is 0 Å². The summed E-state index contributed by atoms with van der Waals surface area (Å²) in [4.78, 5) is 36.7. The third kappa shape index (κ3) is 38.4. The van der Waals surface area contributed by atoms with Crippen molar-refractivity contribution in [3.8, 4) is 0 Å². The first-order chi connectivity index (χ1) is 25.5. The van der Waals surface area contributed by atoms with Crippen molar-refractivity contribution >= 4 is 17.9 Å². The molecule has 0 aromatic rings. The largest absolute Gasteiger partial charge is 0.466 e. The van der Waals surface area contributed by atoms with E-state index in [0.29, 0.717) is 44.3 Å². The summed E-state index contributed by atoms with van der Waals surface area (Å²) in [6.45, 7) is 15.6. The molecule has 0 rings (SSSR count). The molecule has 0 amide bonds. The van der Waals surface area contributed by atoms with Crippen molar-refractivity contribution < 1.29 is 28.6 Å². The van der Waals surface area contributed by atoms with E-state index in [4.69, 9.17) is 14.2 Å². The monoisotopic (exact) mass is 752 g/mol. The molecule has 0 radical (unpaired) electrons. The average molecular weight is 752 g/mol. The van der Waals surface area contributed by atoms with Crippen LogP contribution in [0.3, 0.4) is 0 Å². The molecule has 0 aliphatic carbocycles. The van der Waals surface area contributed by atoms with E-state index in [1.807, 2.05) is 7.05 Å². The number of esters is 3. The zero-order chi connectivity index (χ0) is 39.4. The minimum Gasteiger partial charge on any atom is -0.466 e. The van der Waals surface area contributed by atoms with E-state index >= 15 is 0 Å². The van der Waals surface area contributed by atoms with Crippen LogP contribution in [0.2, 0.25) is 0 Å². The lowest BCUT2D eigenvalue weighted by Gasteiger charge is -2.18. The molecule has 0 fully saturated rings. The van der Waals surface area contributed by atoms with Crippen molar-refractivity contribution in [3.05, 3.63) is 0 Å². The number of carbonyl (C=O) groups is 3. The SMILES string of the molecule is CNCCCC(=O)OC(CCCCCCCCCC(=O)OCCC(C)CCCC(C)C)CCCCCCCCCC(=O)OCCC(C)CCCC(C)C. The van der Waals surface area contributed by atoms with Gasteiger partial charge in [0.05, 0.1) is 13.2 Å². The number of ether oxygens (including phenoxy) is 3. The summed E-state index contributed by atoms with van der Waals surface area (Å²) < 4.78 is 16.9. The molecule has 0 saturated heterocycles. The fraction of sp³-hybridized carbons (Fsp3) is 0.935. The smallest absolute Gasteiger partial charge is 0.306 e. The van der Waals surface area contributed by atoms with Crippen molar-refractivity contribution in [2.45, 2.75) is 227 Å². The Balaban J connectivity index is 4.00. The Morgan fingerprint density at radius 3 is 1.19 bits per heavy atom. The highest BCUT2D eigenvalue weighted by molar-refractivity contribution is 5.70. The molecule has 7 nitrogen and oxygen atoms in total. The van der Waals surface area contributed by atoms with Gasteiger partial charge in [0.25, 0.3) is 0 Å². The molecule has 0 bridgehead atoms. The first-order valence-corrected chi connectivity index (χ1v) is 22.7. The fourth-order valence-electron chi connectivity index (χ4n) is 6.90. The van der Waals surface area contributed by atoms with Crippen molar-refractivity contribution in [1.29, 1.82) is 0 Å². The second kappa shape index (κ2) is 37.3. The zero-order valence-corrected chi connectivity index (χ0v) is 36.3. The van der Waals surface area contributed by atoms with Crippen molar-refractivity contribution in [2.24, 2.45) is 23.7 Å². The lowest BCUT2D eigenvalue weighted by Crippen LogP contribution is -2.19. The van der Waals surface area contributed by atoms with E-state index in [2.05, 4.69) is 46.9 Å². The van der Waals surface area contributed by atoms with Crippen molar-refractivity contribution in [2.75, 3.05) is 26.8 Å². The lowest BCUT2D eigenvalue weighted by atomic mass is 9.98. The summed E-state index contributed by atoms with van der Waals surface area (Å²) in [5.41, 5.74) is 0. The molecular weight excluding hydrogens is 663 g/mol. The Bertz CT molecular complexity index is 790. The number of carbonyl (C=O) groups excluding carboxylic acids is 3. The first kappa shape index (κ1) is 51.4. The molecule has 0 aromatic heterocycles. The minimum atomic E-state index is -0.0606. The summed E-state index contributed by atoms with van der Waals surface area (Å²) in [5.74, 6) is 2.64. The highest BCUT2D eigenvalue weighted by atomic mass is 16.5. The Hall–Kier alpha value is -1.63. The van der Waals surface area contributed by atoms with Gasteiger partial charge in [0.1, 0.15) is 6.10 Å².